The smallest absolute Gasteiger partial charge is 0.353 e. The Bertz CT molecular complexity index is 913. The van der Waals surface area contributed by atoms with Crippen LogP contribution in [-0.2, 0) is 4.79 Å². The average molecular weight is 384 g/mol. The molecule has 2 aromatic rings. The molecule has 28 heavy (non-hydrogen) atoms. The zero-order chi connectivity index (χ0) is 19.5. The van der Waals surface area contributed by atoms with Crippen LogP contribution in [0.3, 0.4) is 0 Å². The third-order valence-corrected chi connectivity index (χ3v) is 5.70. The number of H-pyrrole nitrogens is 1. The minimum atomic E-state index is -0.646. The molecule has 8 nitrogen and oxygen atoms in total. The number of carbonyl (C=O) groups excluding carboxylic acids is 2. The Morgan fingerprint density at radius 2 is 2.04 bits per heavy atom. The summed E-state index contributed by atoms with van der Waals surface area (Å²) < 4.78 is 4.54. The molecule has 2 aliphatic rings. The van der Waals surface area contributed by atoms with Crippen molar-refractivity contribution in [2.75, 3.05) is 13.1 Å². The van der Waals surface area contributed by atoms with Gasteiger partial charge in [0.25, 0.3) is 5.91 Å². The first kappa shape index (κ1) is 18.5. The van der Waals surface area contributed by atoms with Crippen LogP contribution in [0.15, 0.2) is 33.6 Å². The molecule has 1 aliphatic heterocycles. The van der Waals surface area contributed by atoms with Gasteiger partial charge >= 0.3 is 5.76 Å². The number of nitrogens with zero attached hydrogens (tertiary/aromatic N) is 2. The van der Waals surface area contributed by atoms with Gasteiger partial charge in [-0.25, -0.2) is 4.79 Å². The Balaban J connectivity index is 1.56. The van der Waals surface area contributed by atoms with Crippen LogP contribution in [0.2, 0.25) is 0 Å². The van der Waals surface area contributed by atoms with Gasteiger partial charge in [0.05, 0.1) is 0 Å². The minimum absolute atomic E-state index is 0.0674. The van der Waals surface area contributed by atoms with Crippen LogP contribution >= 0.6 is 0 Å². The number of amides is 2. The lowest BCUT2D eigenvalue weighted by Gasteiger charge is -2.37. The largest absolute Gasteiger partial charge is 0.439 e. The Hall–Kier alpha value is -2.90. The maximum atomic E-state index is 13.2. The molecule has 2 heterocycles. The number of hydrogen-bond donors (Lipinski definition) is 2. The number of hydrogen-bond acceptors (Lipinski definition) is 5. The van der Waals surface area contributed by atoms with E-state index < -0.39 is 11.8 Å². The summed E-state index contributed by atoms with van der Waals surface area (Å²) in [6.07, 6.45) is 6.62. The van der Waals surface area contributed by atoms with Gasteiger partial charge in [-0.2, -0.15) is 0 Å². The standard InChI is InChI=1S/C20H24N4O4/c25-18-16(11-13-5-2-1-3-6-13)24(10-9-21-18)19(26)15-8-4-7-14(12-15)17-22-20(27)28-23-17/h4,7-8,12-13,16H,1-3,5-6,9-11H2,(H,21,25)(H,22,23,27). The first-order chi connectivity index (χ1) is 13.6. The maximum absolute atomic E-state index is 13.2. The topological polar surface area (TPSA) is 108 Å². The molecule has 1 aliphatic carbocycles. The number of aromatic nitrogens is 2. The molecule has 1 aromatic heterocycles. The quantitative estimate of drug-likeness (QED) is 0.837. The molecule has 4 rings (SSSR count). The summed E-state index contributed by atoms with van der Waals surface area (Å²) in [5.41, 5.74) is 1.05. The molecule has 1 atom stereocenters. The fourth-order valence-electron chi connectivity index (χ4n) is 4.25. The second-order valence-corrected chi connectivity index (χ2v) is 7.57. The molecule has 1 saturated heterocycles. The molecule has 1 aromatic carbocycles. The van der Waals surface area contributed by atoms with Gasteiger partial charge in [-0.1, -0.05) is 49.4 Å². The van der Waals surface area contributed by atoms with Gasteiger partial charge < -0.3 is 10.2 Å². The third-order valence-electron chi connectivity index (χ3n) is 5.70. The summed E-state index contributed by atoms with van der Waals surface area (Å²) >= 11 is 0. The number of nitrogens with one attached hydrogen (secondary N) is 2. The van der Waals surface area contributed by atoms with Crippen molar-refractivity contribution in [1.82, 2.24) is 20.4 Å². The van der Waals surface area contributed by atoms with Crippen LogP contribution in [0, 0.1) is 5.92 Å². The zero-order valence-electron chi connectivity index (χ0n) is 15.6. The Morgan fingerprint density at radius 3 is 2.79 bits per heavy atom. The van der Waals surface area contributed by atoms with Crippen molar-refractivity contribution in [1.29, 1.82) is 0 Å². The van der Waals surface area contributed by atoms with Gasteiger partial charge in [0.1, 0.15) is 6.04 Å². The van der Waals surface area contributed by atoms with E-state index in [4.69, 9.17) is 0 Å². The van der Waals surface area contributed by atoms with Gasteiger partial charge in [0, 0.05) is 24.2 Å². The SMILES string of the molecule is O=C1NCCN(C(=O)c2cccc(-c3noc(=O)[nH]3)c2)C1CC1CCCCC1. The van der Waals surface area contributed by atoms with Crippen molar-refractivity contribution in [3.8, 4) is 11.4 Å². The van der Waals surface area contributed by atoms with E-state index in [1.807, 2.05) is 0 Å². The fraction of sp³-hybridized carbons (Fsp3) is 0.500. The van der Waals surface area contributed by atoms with Crippen LogP contribution in [0.4, 0.5) is 0 Å². The minimum Gasteiger partial charge on any atom is -0.353 e. The molecule has 1 unspecified atom stereocenters. The van der Waals surface area contributed by atoms with E-state index in [2.05, 4.69) is 20.0 Å². The number of carbonyl (C=O) groups is 2. The highest BCUT2D eigenvalue weighted by Crippen LogP contribution is 2.30. The predicted octanol–water partition coefficient (Wildman–Crippen LogP) is 1.94. The molecule has 8 heteroatoms. The van der Waals surface area contributed by atoms with Crippen molar-refractivity contribution in [2.24, 2.45) is 5.92 Å². The van der Waals surface area contributed by atoms with Crippen LogP contribution in [0.1, 0.15) is 48.9 Å². The van der Waals surface area contributed by atoms with Gasteiger partial charge in [0.15, 0.2) is 5.82 Å². The highest BCUT2D eigenvalue weighted by atomic mass is 16.5. The predicted molar refractivity (Wildman–Crippen MR) is 102 cm³/mol. The third kappa shape index (κ3) is 3.85. The summed E-state index contributed by atoms with van der Waals surface area (Å²) in [5, 5.41) is 6.57. The van der Waals surface area contributed by atoms with Crippen LogP contribution in [0.5, 0.6) is 0 Å². The van der Waals surface area contributed by atoms with E-state index in [1.54, 1.807) is 29.2 Å². The van der Waals surface area contributed by atoms with Crippen LogP contribution < -0.4 is 11.1 Å². The van der Waals surface area contributed by atoms with E-state index in [9.17, 15) is 14.4 Å². The van der Waals surface area contributed by atoms with E-state index >= 15 is 0 Å². The molecule has 0 radical (unpaired) electrons. The highest BCUT2D eigenvalue weighted by Gasteiger charge is 2.35. The van der Waals surface area contributed by atoms with Crippen molar-refractivity contribution in [3.05, 3.63) is 40.4 Å². The van der Waals surface area contributed by atoms with Gasteiger partial charge in [0.2, 0.25) is 5.91 Å². The number of benzene rings is 1. The Morgan fingerprint density at radius 1 is 1.21 bits per heavy atom. The second kappa shape index (κ2) is 8.00. The number of rotatable bonds is 4. The molecule has 2 N–H and O–H groups in total. The molecule has 2 fully saturated rings. The average Bonchev–Trinajstić information content (AvgIpc) is 3.16. The van der Waals surface area contributed by atoms with Gasteiger partial charge in [-0.15, -0.1) is 0 Å². The maximum Gasteiger partial charge on any atom is 0.439 e. The van der Waals surface area contributed by atoms with Gasteiger partial charge in [-0.3, -0.25) is 19.1 Å². The first-order valence-electron chi connectivity index (χ1n) is 9.87. The lowest BCUT2D eigenvalue weighted by Crippen LogP contribution is -2.57. The molecule has 148 valence electrons. The van der Waals surface area contributed by atoms with E-state index in [0.29, 0.717) is 36.6 Å². The lowest BCUT2D eigenvalue weighted by molar-refractivity contribution is -0.128. The molecule has 0 bridgehead atoms. The number of aromatic amines is 1. The van der Waals surface area contributed by atoms with E-state index in [-0.39, 0.29) is 17.6 Å². The Labute approximate surface area is 162 Å². The van der Waals surface area contributed by atoms with E-state index in [1.165, 1.54) is 19.3 Å². The monoisotopic (exact) mass is 384 g/mol. The summed E-state index contributed by atoms with van der Waals surface area (Å²) in [5.74, 6) is -0.128. The zero-order valence-corrected chi connectivity index (χ0v) is 15.6. The van der Waals surface area contributed by atoms with Crippen molar-refractivity contribution in [2.45, 2.75) is 44.6 Å². The summed E-state index contributed by atoms with van der Waals surface area (Å²) in [6.45, 7) is 0.953. The first-order valence-corrected chi connectivity index (χ1v) is 9.87. The van der Waals surface area contributed by atoms with Crippen LogP contribution in [-0.4, -0.2) is 46.0 Å². The van der Waals surface area contributed by atoms with Crippen molar-refractivity contribution >= 4 is 11.8 Å². The van der Waals surface area contributed by atoms with Gasteiger partial charge in [-0.05, 0) is 24.5 Å². The summed E-state index contributed by atoms with van der Waals surface area (Å²) in [6, 6.07) is 6.43. The summed E-state index contributed by atoms with van der Waals surface area (Å²) in [7, 11) is 0. The number of piperazine rings is 1. The van der Waals surface area contributed by atoms with E-state index in [0.717, 1.165) is 12.8 Å². The molecular weight excluding hydrogens is 360 g/mol. The van der Waals surface area contributed by atoms with Crippen LogP contribution in [0.25, 0.3) is 11.4 Å². The second-order valence-electron chi connectivity index (χ2n) is 7.57. The Kier molecular flexibility index (Phi) is 5.27. The molecule has 0 spiro atoms. The van der Waals surface area contributed by atoms with Crippen molar-refractivity contribution in [3.63, 3.8) is 0 Å². The molecule has 1 saturated carbocycles. The van der Waals surface area contributed by atoms with Crippen molar-refractivity contribution < 1.29 is 14.1 Å². The molecule has 2 amide bonds. The fourth-order valence-corrected chi connectivity index (χ4v) is 4.25. The normalized spacial score (nSPS) is 20.8. The molecular formula is C20H24N4O4. The lowest BCUT2D eigenvalue weighted by atomic mass is 9.84. The summed E-state index contributed by atoms with van der Waals surface area (Å²) in [4.78, 5) is 41.1. The highest BCUT2D eigenvalue weighted by molar-refractivity contribution is 5.99.